The van der Waals surface area contributed by atoms with Gasteiger partial charge in [0.05, 0.1) is 16.7 Å². The lowest BCUT2D eigenvalue weighted by molar-refractivity contribution is -0.138. The Balaban J connectivity index is 2.17. The van der Waals surface area contributed by atoms with Crippen LogP contribution in [0.2, 0.25) is 0 Å². The average Bonchev–Trinajstić information content (AvgIpc) is 2.70. The van der Waals surface area contributed by atoms with Crippen LogP contribution in [0.15, 0.2) is 18.5 Å². The van der Waals surface area contributed by atoms with Crippen LogP contribution in [0.4, 0.5) is 13.2 Å². The standard InChI is InChI=1S/C16H21F3N2O2/c1-21(11-15(23)7-4-2-3-5-8-15)14(22)12-6-9-20-10-13(12)16(17,18)19/h6,9-10,23H,2-5,7-8,11H2,1H3. The lowest BCUT2D eigenvalue weighted by atomic mass is 9.93. The Bertz CT molecular complexity index is 553. The fourth-order valence-corrected chi connectivity index (χ4v) is 3.07. The molecule has 0 bridgehead atoms. The Morgan fingerprint density at radius 2 is 1.91 bits per heavy atom. The minimum absolute atomic E-state index is 0.0332. The minimum atomic E-state index is -4.64. The van der Waals surface area contributed by atoms with Gasteiger partial charge in [-0.25, -0.2) is 0 Å². The summed E-state index contributed by atoms with van der Waals surface area (Å²) in [7, 11) is 1.42. The maximum absolute atomic E-state index is 13.0. The summed E-state index contributed by atoms with van der Waals surface area (Å²) in [6.07, 6.45) is 2.09. The van der Waals surface area contributed by atoms with Crippen LogP contribution in [-0.2, 0) is 6.18 Å². The summed E-state index contributed by atoms with van der Waals surface area (Å²) >= 11 is 0. The van der Waals surface area contributed by atoms with Gasteiger partial charge in [-0.2, -0.15) is 13.2 Å². The summed E-state index contributed by atoms with van der Waals surface area (Å²) < 4.78 is 39.0. The lowest BCUT2D eigenvalue weighted by Gasteiger charge is -2.32. The highest BCUT2D eigenvalue weighted by Gasteiger charge is 2.37. The van der Waals surface area contributed by atoms with Crippen molar-refractivity contribution < 1.29 is 23.1 Å². The number of rotatable bonds is 3. The van der Waals surface area contributed by atoms with Gasteiger partial charge in [0.25, 0.3) is 5.91 Å². The maximum Gasteiger partial charge on any atom is 0.418 e. The van der Waals surface area contributed by atoms with Crippen molar-refractivity contribution in [2.24, 2.45) is 0 Å². The first-order valence-corrected chi connectivity index (χ1v) is 7.72. The van der Waals surface area contributed by atoms with Gasteiger partial charge < -0.3 is 10.0 Å². The van der Waals surface area contributed by atoms with Gasteiger partial charge in [-0.3, -0.25) is 9.78 Å². The number of carbonyl (C=O) groups is 1. The van der Waals surface area contributed by atoms with Crippen molar-refractivity contribution in [3.8, 4) is 0 Å². The van der Waals surface area contributed by atoms with Crippen molar-refractivity contribution in [2.45, 2.75) is 50.3 Å². The molecule has 0 saturated heterocycles. The number of nitrogens with zero attached hydrogens (tertiary/aromatic N) is 2. The molecule has 0 radical (unpaired) electrons. The molecule has 1 aliphatic rings. The predicted octanol–water partition coefficient (Wildman–Crippen LogP) is 3.26. The first-order valence-electron chi connectivity index (χ1n) is 7.72. The van der Waals surface area contributed by atoms with Crippen molar-refractivity contribution in [3.63, 3.8) is 0 Å². The summed E-state index contributed by atoms with van der Waals surface area (Å²) in [5, 5.41) is 10.6. The van der Waals surface area contributed by atoms with Gasteiger partial charge in [0.15, 0.2) is 0 Å². The zero-order valence-corrected chi connectivity index (χ0v) is 13.1. The Kier molecular flexibility index (Phi) is 5.29. The molecule has 1 aromatic rings. The molecule has 0 atom stereocenters. The smallest absolute Gasteiger partial charge is 0.388 e. The molecule has 7 heteroatoms. The topological polar surface area (TPSA) is 53.4 Å². The Labute approximate surface area is 133 Å². The largest absolute Gasteiger partial charge is 0.418 e. The minimum Gasteiger partial charge on any atom is -0.388 e. The molecule has 1 fully saturated rings. The third-order valence-electron chi connectivity index (χ3n) is 4.27. The molecule has 1 N–H and O–H groups in total. The van der Waals surface area contributed by atoms with Crippen molar-refractivity contribution in [2.75, 3.05) is 13.6 Å². The van der Waals surface area contributed by atoms with E-state index in [1.54, 1.807) is 0 Å². The van der Waals surface area contributed by atoms with Crippen LogP contribution in [0.1, 0.15) is 54.4 Å². The molecule has 23 heavy (non-hydrogen) atoms. The number of aromatic nitrogens is 1. The molecular formula is C16H21F3N2O2. The van der Waals surface area contributed by atoms with E-state index in [2.05, 4.69) is 4.98 Å². The fraction of sp³-hybridized carbons (Fsp3) is 0.625. The molecule has 4 nitrogen and oxygen atoms in total. The highest BCUT2D eigenvalue weighted by molar-refractivity contribution is 5.95. The first kappa shape index (κ1) is 17.7. The van der Waals surface area contributed by atoms with Crippen LogP contribution in [0.3, 0.4) is 0 Å². The first-order chi connectivity index (χ1) is 10.7. The van der Waals surface area contributed by atoms with E-state index in [1.807, 2.05) is 0 Å². The monoisotopic (exact) mass is 330 g/mol. The highest BCUT2D eigenvalue weighted by Crippen LogP contribution is 2.32. The number of hydrogen-bond acceptors (Lipinski definition) is 3. The molecule has 0 aromatic carbocycles. The molecule has 1 heterocycles. The normalized spacial score (nSPS) is 18.3. The second-order valence-electron chi connectivity index (χ2n) is 6.22. The summed E-state index contributed by atoms with van der Waals surface area (Å²) in [5.74, 6) is -0.752. The molecule has 1 aliphatic carbocycles. The van der Waals surface area contributed by atoms with E-state index in [1.165, 1.54) is 11.9 Å². The predicted molar refractivity (Wildman–Crippen MR) is 78.9 cm³/mol. The van der Waals surface area contributed by atoms with Crippen LogP contribution >= 0.6 is 0 Å². The number of hydrogen-bond donors (Lipinski definition) is 1. The molecule has 1 aromatic heterocycles. The van der Waals surface area contributed by atoms with Crippen LogP contribution < -0.4 is 0 Å². The number of halogens is 3. The average molecular weight is 330 g/mol. The molecule has 1 saturated carbocycles. The molecule has 1 amide bonds. The van der Waals surface area contributed by atoms with Crippen LogP contribution in [0.25, 0.3) is 0 Å². The van der Waals surface area contributed by atoms with Gasteiger partial charge in [-0.15, -0.1) is 0 Å². The second-order valence-corrected chi connectivity index (χ2v) is 6.22. The van der Waals surface area contributed by atoms with Gasteiger partial charge in [0, 0.05) is 26.0 Å². The zero-order chi connectivity index (χ0) is 17.1. The second kappa shape index (κ2) is 6.86. The van der Waals surface area contributed by atoms with E-state index in [9.17, 15) is 23.1 Å². The number of carbonyl (C=O) groups excluding carboxylic acids is 1. The van der Waals surface area contributed by atoms with Gasteiger partial charge in [-0.1, -0.05) is 25.7 Å². The SMILES string of the molecule is CN(CC1(O)CCCCCC1)C(=O)c1ccncc1C(F)(F)F. The maximum atomic E-state index is 13.0. The molecule has 0 unspecified atom stereocenters. The van der Waals surface area contributed by atoms with Crippen LogP contribution in [0.5, 0.6) is 0 Å². The number of pyridine rings is 1. The van der Waals surface area contributed by atoms with Gasteiger partial charge in [0.1, 0.15) is 0 Å². The van der Waals surface area contributed by atoms with E-state index in [0.29, 0.717) is 19.0 Å². The molecule has 0 aliphatic heterocycles. The van der Waals surface area contributed by atoms with Crippen LogP contribution in [0, 0.1) is 0 Å². The third-order valence-corrected chi connectivity index (χ3v) is 4.27. The van der Waals surface area contributed by atoms with Gasteiger partial charge in [0.2, 0.25) is 0 Å². The van der Waals surface area contributed by atoms with Crippen molar-refractivity contribution in [1.82, 2.24) is 9.88 Å². The number of amides is 1. The molecule has 128 valence electrons. The van der Waals surface area contributed by atoms with E-state index >= 15 is 0 Å². The van der Waals surface area contributed by atoms with Crippen LogP contribution in [-0.4, -0.2) is 40.1 Å². The third kappa shape index (κ3) is 4.43. The number of alkyl halides is 3. The summed E-state index contributed by atoms with van der Waals surface area (Å²) in [4.78, 5) is 17.0. The summed E-state index contributed by atoms with van der Waals surface area (Å²) in [6.45, 7) is 0.0332. The molecular weight excluding hydrogens is 309 g/mol. The number of aliphatic hydroxyl groups is 1. The Morgan fingerprint density at radius 1 is 1.30 bits per heavy atom. The van der Waals surface area contributed by atoms with Gasteiger partial charge >= 0.3 is 6.18 Å². The molecule has 0 spiro atoms. The lowest BCUT2D eigenvalue weighted by Crippen LogP contribution is -2.44. The van der Waals surface area contributed by atoms with Gasteiger partial charge in [-0.05, 0) is 18.9 Å². The van der Waals surface area contributed by atoms with E-state index in [4.69, 9.17) is 0 Å². The Morgan fingerprint density at radius 3 is 2.48 bits per heavy atom. The van der Waals surface area contributed by atoms with E-state index in [0.717, 1.165) is 37.9 Å². The zero-order valence-electron chi connectivity index (χ0n) is 13.1. The fourth-order valence-electron chi connectivity index (χ4n) is 3.07. The molecule has 2 rings (SSSR count). The quantitative estimate of drug-likeness (QED) is 0.866. The highest BCUT2D eigenvalue weighted by atomic mass is 19.4. The van der Waals surface area contributed by atoms with Crippen molar-refractivity contribution >= 4 is 5.91 Å². The summed E-state index contributed by atoms with van der Waals surface area (Å²) in [6, 6.07) is 1.07. The number of likely N-dealkylation sites (N-methyl/N-ethyl adjacent to an activating group) is 1. The summed E-state index contributed by atoms with van der Waals surface area (Å²) in [5.41, 5.74) is -2.51. The van der Waals surface area contributed by atoms with Crippen molar-refractivity contribution in [3.05, 3.63) is 29.6 Å². The van der Waals surface area contributed by atoms with Crippen molar-refractivity contribution in [1.29, 1.82) is 0 Å². The van der Waals surface area contributed by atoms with E-state index < -0.39 is 28.8 Å². The Hall–Kier alpha value is -1.63. The van der Waals surface area contributed by atoms with E-state index in [-0.39, 0.29) is 6.54 Å².